The lowest BCUT2D eigenvalue weighted by Gasteiger charge is -2.26. The Morgan fingerprint density at radius 3 is 2.09 bits per heavy atom. The maximum Gasteiger partial charge on any atom is 0.416 e. The van der Waals surface area contributed by atoms with Crippen molar-refractivity contribution < 1.29 is 14.3 Å². The van der Waals surface area contributed by atoms with Crippen LogP contribution < -0.4 is 0 Å². The molecule has 0 radical (unpaired) electrons. The van der Waals surface area contributed by atoms with Crippen LogP contribution in [0.3, 0.4) is 0 Å². The highest BCUT2D eigenvalue weighted by atomic mass is 16.6. The van der Waals surface area contributed by atoms with E-state index < -0.39 is 6.09 Å². The van der Waals surface area contributed by atoms with Crippen molar-refractivity contribution in [3.8, 4) is 0 Å². The maximum atomic E-state index is 13.8. The molecule has 168 valence electrons. The minimum atomic E-state index is -0.519. The zero-order chi connectivity index (χ0) is 22.6. The van der Waals surface area contributed by atoms with Crippen molar-refractivity contribution in [1.82, 2.24) is 9.80 Å². The molecule has 0 bridgehead atoms. The lowest BCUT2D eigenvalue weighted by Crippen LogP contribution is -2.45. The molecule has 0 aliphatic carbocycles. The van der Waals surface area contributed by atoms with Crippen LogP contribution in [-0.4, -0.2) is 47.5 Å². The van der Waals surface area contributed by atoms with Crippen LogP contribution in [0.5, 0.6) is 0 Å². The van der Waals surface area contributed by atoms with E-state index in [0.717, 1.165) is 24.2 Å². The smallest absolute Gasteiger partial charge is 0.416 e. The summed E-state index contributed by atoms with van der Waals surface area (Å²) in [5.41, 5.74) is 3.45. The van der Waals surface area contributed by atoms with Crippen LogP contribution in [0.1, 0.15) is 22.6 Å². The number of hydrogen-bond donors (Lipinski definition) is 0. The first kappa shape index (κ1) is 21.4. The molecule has 33 heavy (non-hydrogen) atoms. The maximum absolute atomic E-state index is 13.8. The normalized spacial score (nSPS) is 23.0. The number of hydrogen-bond acceptors (Lipinski definition) is 4. The number of nitrogens with zero attached hydrogens (tertiary/aromatic N) is 2. The molecule has 2 aliphatic heterocycles. The Morgan fingerprint density at radius 2 is 1.42 bits per heavy atom. The van der Waals surface area contributed by atoms with E-state index in [1.54, 1.807) is 0 Å². The minimum absolute atomic E-state index is 0.0354. The van der Waals surface area contributed by atoms with Gasteiger partial charge in [0.25, 0.3) is 0 Å². The summed E-state index contributed by atoms with van der Waals surface area (Å²) in [6.45, 7) is 2.43. The molecule has 2 saturated heterocycles. The molecular weight excluding hydrogens is 412 g/mol. The molecular formula is C28H28N2O3. The fraction of sp³-hybridized carbons (Fsp3) is 0.286. The van der Waals surface area contributed by atoms with Gasteiger partial charge in [0.1, 0.15) is 6.61 Å². The first-order valence-electron chi connectivity index (χ1n) is 11.5. The van der Waals surface area contributed by atoms with Gasteiger partial charge in [0.15, 0.2) is 0 Å². The van der Waals surface area contributed by atoms with Crippen molar-refractivity contribution in [3.63, 3.8) is 0 Å². The quantitative estimate of drug-likeness (QED) is 0.567. The molecule has 2 amide bonds. The first-order chi connectivity index (χ1) is 16.2. The van der Waals surface area contributed by atoms with Crippen molar-refractivity contribution in [2.45, 2.75) is 24.9 Å². The number of cyclic esters (lactones) is 1. The number of carbonyl (C=O) groups excluding carboxylic acids is 2. The van der Waals surface area contributed by atoms with E-state index in [0.29, 0.717) is 13.0 Å². The number of carbonyl (C=O) groups is 2. The second-order valence-corrected chi connectivity index (χ2v) is 8.93. The molecule has 3 aromatic carbocycles. The van der Waals surface area contributed by atoms with Gasteiger partial charge in [-0.2, -0.15) is 0 Å². The predicted molar refractivity (Wildman–Crippen MR) is 127 cm³/mol. The number of likely N-dealkylation sites (tertiary alicyclic amines) is 1. The average Bonchev–Trinajstić information content (AvgIpc) is 3.44. The monoisotopic (exact) mass is 440 g/mol. The first-order valence-corrected chi connectivity index (χ1v) is 11.5. The van der Waals surface area contributed by atoms with Crippen molar-refractivity contribution in [2.75, 3.05) is 19.7 Å². The molecule has 5 nitrogen and oxygen atoms in total. The zero-order valence-electron chi connectivity index (χ0n) is 18.5. The molecule has 0 saturated carbocycles. The summed E-state index contributed by atoms with van der Waals surface area (Å²) in [6.07, 6.45) is 0.0867. The second kappa shape index (κ2) is 9.59. The minimum Gasteiger partial charge on any atom is -0.447 e. The molecule has 5 rings (SSSR count). The highest BCUT2D eigenvalue weighted by Gasteiger charge is 2.46. The number of benzene rings is 3. The van der Waals surface area contributed by atoms with Gasteiger partial charge in [-0.25, -0.2) is 9.69 Å². The molecule has 3 aromatic rings. The molecule has 2 aliphatic rings. The van der Waals surface area contributed by atoms with E-state index in [-0.39, 0.29) is 30.4 Å². The van der Waals surface area contributed by atoms with E-state index >= 15 is 0 Å². The van der Waals surface area contributed by atoms with Crippen LogP contribution in [0.25, 0.3) is 0 Å². The van der Waals surface area contributed by atoms with Gasteiger partial charge in [0.2, 0.25) is 5.91 Å². The summed E-state index contributed by atoms with van der Waals surface area (Å²) in [7, 11) is 0. The molecule has 1 unspecified atom stereocenters. The van der Waals surface area contributed by atoms with Gasteiger partial charge in [-0.05, 0) is 23.1 Å². The number of amides is 2. The number of ether oxygens (including phenoxy) is 1. The fourth-order valence-corrected chi connectivity index (χ4v) is 5.09. The van der Waals surface area contributed by atoms with Gasteiger partial charge >= 0.3 is 6.09 Å². The lowest BCUT2D eigenvalue weighted by molar-refractivity contribution is -0.133. The molecule has 5 heteroatoms. The third kappa shape index (κ3) is 4.69. The van der Waals surface area contributed by atoms with Crippen LogP contribution in [-0.2, 0) is 22.5 Å². The molecule has 0 spiro atoms. The Hall–Kier alpha value is -3.44. The largest absolute Gasteiger partial charge is 0.447 e. The lowest BCUT2D eigenvalue weighted by atomic mass is 9.87. The zero-order valence-corrected chi connectivity index (χ0v) is 18.5. The second-order valence-electron chi connectivity index (χ2n) is 8.93. The van der Waals surface area contributed by atoms with Crippen molar-refractivity contribution in [2.24, 2.45) is 5.92 Å². The Morgan fingerprint density at radius 1 is 0.818 bits per heavy atom. The number of imide groups is 1. The third-order valence-corrected chi connectivity index (χ3v) is 6.70. The predicted octanol–water partition coefficient (Wildman–Crippen LogP) is 4.49. The van der Waals surface area contributed by atoms with Crippen molar-refractivity contribution >= 4 is 12.0 Å². The summed E-state index contributed by atoms with van der Waals surface area (Å²) < 4.78 is 5.35. The average molecular weight is 441 g/mol. The SMILES string of the molecule is O=C1OC[C@H](Cc2ccccc2)N1C(=O)C1CN(Cc2ccccc2)C[C@H]1c1ccccc1. The van der Waals surface area contributed by atoms with Gasteiger partial charge in [0, 0.05) is 25.6 Å². The third-order valence-electron chi connectivity index (χ3n) is 6.70. The summed E-state index contributed by atoms with van der Waals surface area (Å²) in [5.74, 6) is -0.379. The standard InChI is InChI=1S/C28H28N2O3/c31-27(30-24(20-33-28(30)32)16-21-10-4-1-5-11-21)26-19-29(17-22-12-6-2-7-13-22)18-25(26)23-14-8-3-9-15-23/h1-15,24-26H,16-20H2/t24-,25-,26?/m0/s1. The van der Waals surface area contributed by atoms with Gasteiger partial charge in [0.05, 0.1) is 12.0 Å². The Balaban J connectivity index is 1.39. The van der Waals surface area contributed by atoms with Gasteiger partial charge in [-0.15, -0.1) is 0 Å². The van der Waals surface area contributed by atoms with Gasteiger partial charge < -0.3 is 4.74 Å². The Kier molecular flexibility index (Phi) is 6.22. The van der Waals surface area contributed by atoms with Gasteiger partial charge in [-0.3, -0.25) is 9.69 Å². The summed E-state index contributed by atoms with van der Waals surface area (Å²) >= 11 is 0. The van der Waals surface area contributed by atoms with E-state index in [1.165, 1.54) is 10.5 Å². The number of rotatable bonds is 6. The van der Waals surface area contributed by atoms with E-state index in [9.17, 15) is 9.59 Å². The molecule has 2 fully saturated rings. The van der Waals surface area contributed by atoms with E-state index in [1.807, 2.05) is 66.7 Å². The molecule has 2 heterocycles. The van der Waals surface area contributed by atoms with Gasteiger partial charge in [-0.1, -0.05) is 91.0 Å². The van der Waals surface area contributed by atoms with E-state index in [2.05, 4.69) is 29.2 Å². The van der Waals surface area contributed by atoms with Crippen LogP contribution >= 0.6 is 0 Å². The van der Waals surface area contributed by atoms with Crippen molar-refractivity contribution in [1.29, 1.82) is 0 Å². The summed E-state index contributed by atoms with van der Waals surface area (Å²) in [4.78, 5) is 30.2. The fourth-order valence-electron chi connectivity index (χ4n) is 5.09. The Bertz CT molecular complexity index is 1090. The van der Waals surface area contributed by atoms with E-state index in [4.69, 9.17) is 4.74 Å². The highest BCUT2D eigenvalue weighted by molar-refractivity contribution is 5.95. The topological polar surface area (TPSA) is 49.9 Å². The molecule has 0 N–H and O–H groups in total. The Labute approximate surface area is 194 Å². The highest BCUT2D eigenvalue weighted by Crippen LogP contribution is 2.36. The van der Waals surface area contributed by atoms with Crippen LogP contribution in [0.4, 0.5) is 4.79 Å². The summed E-state index contributed by atoms with van der Waals surface area (Å²) in [6, 6.07) is 30.2. The summed E-state index contributed by atoms with van der Waals surface area (Å²) in [5, 5.41) is 0. The molecule has 0 aromatic heterocycles. The van der Waals surface area contributed by atoms with Crippen LogP contribution in [0.15, 0.2) is 91.0 Å². The van der Waals surface area contributed by atoms with Crippen LogP contribution in [0, 0.1) is 5.92 Å². The molecule has 3 atom stereocenters. The van der Waals surface area contributed by atoms with Crippen molar-refractivity contribution in [3.05, 3.63) is 108 Å². The van der Waals surface area contributed by atoms with Crippen LogP contribution in [0.2, 0.25) is 0 Å².